The summed E-state index contributed by atoms with van der Waals surface area (Å²) >= 11 is 0.936. The van der Waals surface area contributed by atoms with Crippen LogP contribution in [0.2, 0.25) is 0 Å². The Morgan fingerprint density at radius 1 is 1.50 bits per heavy atom. The molecule has 28 heavy (non-hydrogen) atoms. The Labute approximate surface area is 166 Å². The molecular formula is C18H25F2N5O2S. The lowest BCUT2D eigenvalue weighted by atomic mass is 10.1. The number of carbonyl (C=O) groups excluding carboxylic acids is 1. The van der Waals surface area contributed by atoms with Crippen molar-refractivity contribution in [2.45, 2.75) is 51.1 Å². The van der Waals surface area contributed by atoms with Crippen LogP contribution in [0.4, 0.5) is 14.5 Å². The molecule has 0 saturated carbocycles. The predicted octanol–water partition coefficient (Wildman–Crippen LogP) is 3.32. The highest BCUT2D eigenvalue weighted by Gasteiger charge is 2.34. The highest BCUT2D eigenvalue weighted by atomic mass is 32.2. The monoisotopic (exact) mass is 413 g/mol. The fourth-order valence-electron chi connectivity index (χ4n) is 2.96. The van der Waals surface area contributed by atoms with Crippen LogP contribution in [-0.4, -0.2) is 32.4 Å². The standard InChI is InChI=1S/C18H25F2N5O2S/c1-11(5-4-8-26)10-25-15(12(2)16(24-25)18(3,19)20)17(27)23-13-6-7-22-14(9-13)28-21/h6-7,9,11,26H,4-5,8,10,21H2,1-3H3,(H,22,23,27). The number of anilines is 1. The fraction of sp³-hybridized carbons (Fsp3) is 0.500. The van der Waals surface area contributed by atoms with E-state index < -0.39 is 17.5 Å². The summed E-state index contributed by atoms with van der Waals surface area (Å²) in [6.07, 6.45) is 2.78. The summed E-state index contributed by atoms with van der Waals surface area (Å²) in [7, 11) is 0. The summed E-state index contributed by atoms with van der Waals surface area (Å²) in [6.45, 7) is 4.50. The largest absolute Gasteiger partial charge is 0.396 e. The maximum atomic E-state index is 14.0. The third kappa shape index (κ3) is 5.49. The van der Waals surface area contributed by atoms with E-state index in [9.17, 15) is 13.6 Å². The first kappa shape index (κ1) is 22.3. The molecule has 0 spiro atoms. The van der Waals surface area contributed by atoms with E-state index in [2.05, 4.69) is 15.4 Å². The maximum absolute atomic E-state index is 14.0. The number of nitrogens with one attached hydrogen (secondary N) is 1. The molecule has 2 aromatic heterocycles. The molecule has 0 fully saturated rings. The highest BCUT2D eigenvalue weighted by molar-refractivity contribution is 7.97. The summed E-state index contributed by atoms with van der Waals surface area (Å²) in [5, 5.41) is 21.7. The second kappa shape index (κ2) is 9.44. The number of amides is 1. The number of aliphatic hydroxyl groups excluding tert-OH is 1. The van der Waals surface area contributed by atoms with Gasteiger partial charge in [-0.3, -0.25) is 14.6 Å². The Hall–Kier alpha value is -2.04. The van der Waals surface area contributed by atoms with Gasteiger partial charge in [0, 0.05) is 37.5 Å². The Morgan fingerprint density at radius 3 is 2.82 bits per heavy atom. The summed E-state index contributed by atoms with van der Waals surface area (Å²) < 4.78 is 29.3. The lowest BCUT2D eigenvalue weighted by molar-refractivity contribution is 0.0113. The van der Waals surface area contributed by atoms with Crippen LogP contribution in [-0.2, 0) is 12.5 Å². The van der Waals surface area contributed by atoms with Crippen molar-refractivity contribution in [3.05, 3.63) is 35.3 Å². The summed E-state index contributed by atoms with van der Waals surface area (Å²) in [4.78, 5) is 16.9. The number of halogens is 2. The number of pyridine rings is 1. The molecule has 0 bridgehead atoms. The van der Waals surface area contributed by atoms with E-state index in [1.54, 1.807) is 12.1 Å². The summed E-state index contributed by atoms with van der Waals surface area (Å²) in [6, 6.07) is 3.19. The van der Waals surface area contributed by atoms with Gasteiger partial charge in [-0.2, -0.15) is 13.9 Å². The second-order valence-electron chi connectivity index (χ2n) is 6.82. The molecule has 7 nitrogen and oxygen atoms in total. The summed E-state index contributed by atoms with van der Waals surface area (Å²) in [5.74, 6) is -3.65. The van der Waals surface area contributed by atoms with E-state index in [4.69, 9.17) is 10.2 Å². The van der Waals surface area contributed by atoms with Gasteiger partial charge in [-0.1, -0.05) is 6.92 Å². The van der Waals surface area contributed by atoms with Gasteiger partial charge in [-0.15, -0.1) is 0 Å². The molecule has 2 rings (SSSR count). The molecule has 0 aliphatic carbocycles. The van der Waals surface area contributed by atoms with E-state index >= 15 is 0 Å². The molecule has 154 valence electrons. The average Bonchev–Trinajstić information content (AvgIpc) is 2.96. The Balaban J connectivity index is 2.36. The van der Waals surface area contributed by atoms with Gasteiger partial charge >= 0.3 is 0 Å². The number of nitrogens with zero attached hydrogens (tertiary/aromatic N) is 3. The van der Waals surface area contributed by atoms with Crippen molar-refractivity contribution in [3.63, 3.8) is 0 Å². The number of alkyl halides is 2. The van der Waals surface area contributed by atoms with Crippen molar-refractivity contribution in [1.82, 2.24) is 14.8 Å². The minimum Gasteiger partial charge on any atom is -0.396 e. The van der Waals surface area contributed by atoms with Crippen molar-refractivity contribution < 1.29 is 18.7 Å². The van der Waals surface area contributed by atoms with Gasteiger partial charge in [0.1, 0.15) is 16.4 Å². The molecule has 2 heterocycles. The van der Waals surface area contributed by atoms with Gasteiger partial charge in [-0.05, 0) is 49.8 Å². The molecule has 0 aromatic carbocycles. The van der Waals surface area contributed by atoms with Gasteiger partial charge in [0.2, 0.25) is 0 Å². The lowest BCUT2D eigenvalue weighted by Gasteiger charge is -2.14. The number of hydrogen-bond acceptors (Lipinski definition) is 6. The smallest absolute Gasteiger partial charge is 0.289 e. The zero-order valence-corrected chi connectivity index (χ0v) is 16.9. The zero-order valence-electron chi connectivity index (χ0n) is 16.1. The van der Waals surface area contributed by atoms with Gasteiger partial charge < -0.3 is 10.4 Å². The minimum absolute atomic E-state index is 0.0532. The number of carbonyl (C=O) groups is 1. The summed E-state index contributed by atoms with van der Waals surface area (Å²) in [5.41, 5.74) is 0.270. The van der Waals surface area contributed by atoms with Crippen LogP contribution in [0.5, 0.6) is 0 Å². The first-order valence-corrected chi connectivity index (χ1v) is 9.76. The van der Waals surface area contributed by atoms with Gasteiger partial charge in [0.15, 0.2) is 0 Å². The van der Waals surface area contributed by atoms with E-state index in [-0.39, 0.29) is 23.8 Å². The molecule has 4 N–H and O–H groups in total. The van der Waals surface area contributed by atoms with Crippen LogP contribution in [0.15, 0.2) is 23.4 Å². The number of hydrogen-bond donors (Lipinski definition) is 3. The Bertz CT molecular complexity index is 823. The average molecular weight is 413 g/mol. The predicted molar refractivity (Wildman–Crippen MR) is 104 cm³/mol. The van der Waals surface area contributed by atoms with E-state index in [0.29, 0.717) is 30.1 Å². The molecule has 10 heteroatoms. The molecule has 1 amide bonds. The van der Waals surface area contributed by atoms with E-state index in [1.807, 2.05) is 6.92 Å². The number of rotatable bonds is 9. The van der Waals surface area contributed by atoms with Crippen LogP contribution in [0, 0.1) is 12.8 Å². The number of nitrogens with two attached hydrogens (primary N) is 1. The normalized spacial score (nSPS) is 12.8. The maximum Gasteiger partial charge on any atom is 0.289 e. The van der Waals surface area contributed by atoms with Crippen LogP contribution in [0.1, 0.15) is 48.4 Å². The second-order valence-corrected chi connectivity index (χ2v) is 7.47. The highest BCUT2D eigenvalue weighted by Crippen LogP contribution is 2.31. The quantitative estimate of drug-likeness (QED) is 0.545. The zero-order chi connectivity index (χ0) is 20.9. The molecule has 2 aromatic rings. The third-order valence-electron chi connectivity index (χ3n) is 4.27. The molecular weight excluding hydrogens is 388 g/mol. The van der Waals surface area contributed by atoms with Crippen LogP contribution in [0.3, 0.4) is 0 Å². The van der Waals surface area contributed by atoms with Gasteiger partial charge in [0.05, 0.1) is 0 Å². The topological polar surface area (TPSA) is 106 Å². The van der Waals surface area contributed by atoms with Gasteiger partial charge in [-0.25, -0.2) is 4.98 Å². The van der Waals surface area contributed by atoms with Crippen molar-refractivity contribution >= 4 is 23.5 Å². The SMILES string of the molecule is Cc1c(C(C)(F)F)nn(CC(C)CCCO)c1C(=O)Nc1ccnc(SN)c1. The minimum atomic E-state index is -3.17. The van der Waals surface area contributed by atoms with Crippen LogP contribution >= 0.6 is 11.9 Å². The lowest BCUT2D eigenvalue weighted by Crippen LogP contribution is -2.21. The molecule has 0 radical (unpaired) electrons. The Morgan fingerprint density at radius 2 is 2.21 bits per heavy atom. The van der Waals surface area contributed by atoms with Crippen molar-refractivity contribution in [2.75, 3.05) is 11.9 Å². The van der Waals surface area contributed by atoms with Crippen molar-refractivity contribution in [2.24, 2.45) is 11.1 Å². The van der Waals surface area contributed by atoms with Gasteiger partial charge in [0.25, 0.3) is 11.8 Å². The molecule has 0 saturated heterocycles. The Kier molecular flexibility index (Phi) is 7.50. The molecule has 1 atom stereocenters. The molecule has 0 aliphatic rings. The van der Waals surface area contributed by atoms with Crippen molar-refractivity contribution in [3.8, 4) is 0 Å². The van der Waals surface area contributed by atoms with Crippen molar-refractivity contribution in [1.29, 1.82) is 0 Å². The number of aromatic nitrogens is 3. The fourth-order valence-corrected chi connectivity index (χ4v) is 3.27. The third-order valence-corrected chi connectivity index (χ3v) is 4.74. The molecule has 1 unspecified atom stereocenters. The first-order valence-electron chi connectivity index (χ1n) is 8.88. The molecule has 0 aliphatic heterocycles. The first-order chi connectivity index (χ1) is 13.2. The number of aliphatic hydroxyl groups is 1. The van der Waals surface area contributed by atoms with E-state index in [1.165, 1.54) is 17.8 Å². The van der Waals surface area contributed by atoms with Crippen LogP contribution in [0.25, 0.3) is 0 Å². The van der Waals surface area contributed by atoms with E-state index in [0.717, 1.165) is 18.9 Å². The van der Waals surface area contributed by atoms with Crippen LogP contribution < -0.4 is 10.5 Å².